The molecule has 0 spiro atoms. The summed E-state index contributed by atoms with van der Waals surface area (Å²) in [5.74, 6) is -4.95. The summed E-state index contributed by atoms with van der Waals surface area (Å²) in [6, 6.07) is 10.1. The molecule has 1 saturated carbocycles. The molecule has 1 aliphatic rings. The Bertz CT molecular complexity index is 1900. The maximum absolute atomic E-state index is 15.5. The number of sulfonamides is 1. The van der Waals surface area contributed by atoms with E-state index in [1.807, 2.05) is 4.72 Å². The van der Waals surface area contributed by atoms with E-state index in [4.69, 9.17) is 4.74 Å². The number of ether oxygens (including phenoxy) is 1. The quantitative estimate of drug-likeness (QED) is 0.184. The molecule has 0 aliphatic heterocycles. The Morgan fingerprint density at radius 2 is 1.74 bits per heavy atom. The van der Waals surface area contributed by atoms with E-state index in [2.05, 4.69) is 27.2 Å². The molecule has 5 rings (SSSR count). The number of fused-ring (bicyclic) bond motifs is 1. The fraction of sp³-hybridized carbons (Fsp3) is 0.424. The summed E-state index contributed by atoms with van der Waals surface area (Å²) in [5, 5.41) is 3.73. The standard InChI is InChI=1S/C33H39F3N6O4S/c1-20(2)42-31-22(18-37-33(39-31)38-23-10-12-24(13-11-23)41(3)14-15-46-4)16-26(32(42)43)25-17-27(34)30(29(36)28(25)35)40-47(44,45)19-21-8-6-5-7-9-21/h5-9,16-18,20,23-24,40H,10-15,19H2,1-4H3,(H,37,38,39). The molecule has 2 N–H and O–H groups in total. The van der Waals surface area contributed by atoms with Crippen LogP contribution in [0.15, 0.2) is 53.5 Å². The zero-order valence-electron chi connectivity index (χ0n) is 26.8. The lowest BCUT2D eigenvalue weighted by Gasteiger charge is -2.34. The third-order valence-electron chi connectivity index (χ3n) is 8.50. The van der Waals surface area contributed by atoms with Crippen molar-refractivity contribution >= 4 is 32.7 Å². The summed E-state index contributed by atoms with van der Waals surface area (Å²) < 4.78 is 79.7. The second kappa shape index (κ2) is 14.4. The summed E-state index contributed by atoms with van der Waals surface area (Å²) in [6.45, 7) is 5.02. The van der Waals surface area contributed by atoms with E-state index in [0.717, 1.165) is 32.2 Å². The molecule has 2 heterocycles. The van der Waals surface area contributed by atoms with Gasteiger partial charge in [-0.3, -0.25) is 14.1 Å². The topological polar surface area (TPSA) is 118 Å². The van der Waals surface area contributed by atoms with Crippen LogP contribution in [0.3, 0.4) is 0 Å². The van der Waals surface area contributed by atoms with Crippen LogP contribution in [0.2, 0.25) is 0 Å². The molecule has 14 heteroatoms. The number of likely N-dealkylation sites (N-methyl/N-ethyl adjacent to an activating group) is 1. The van der Waals surface area contributed by atoms with Crippen molar-refractivity contribution in [3.63, 3.8) is 0 Å². The molecule has 47 heavy (non-hydrogen) atoms. The van der Waals surface area contributed by atoms with E-state index in [9.17, 15) is 13.2 Å². The monoisotopic (exact) mass is 672 g/mol. The van der Waals surface area contributed by atoms with Gasteiger partial charge in [0, 0.05) is 48.9 Å². The fourth-order valence-corrected chi connectivity index (χ4v) is 7.19. The third kappa shape index (κ3) is 7.77. The van der Waals surface area contributed by atoms with Crippen molar-refractivity contribution in [2.45, 2.75) is 63.4 Å². The third-order valence-corrected chi connectivity index (χ3v) is 9.73. The van der Waals surface area contributed by atoms with Crippen molar-refractivity contribution in [1.82, 2.24) is 19.4 Å². The molecule has 0 saturated heterocycles. The molecule has 0 amide bonds. The number of nitrogens with one attached hydrogen (secondary N) is 2. The normalized spacial score (nSPS) is 17.0. The molecular formula is C33H39F3N6O4S. The van der Waals surface area contributed by atoms with Crippen LogP contribution in [0.25, 0.3) is 22.2 Å². The van der Waals surface area contributed by atoms with Crippen molar-refractivity contribution in [2.75, 3.05) is 37.3 Å². The lowest BCUT2D eigenvalue weighted by atomic mass is 9.90. The zero-order chi connectivity index (χ0) is 33.9. The highest BCUT2D eigenvalue weighted by Gasteiger charge is 2.27. The molecule has 1 fully saturated rings. The number of hydrogen-bond donors (Lipinski definition) is 2. The first-order valence-corrected chi connectivity index (χ1v) is 17.1. The second-order valence-corrected chi connectivity index (χ2v) is 13.9. The average Bonchev–Trinajstić information content (AvgIpc) is 3.04. The number of nitrogens with zero attached hydrogens (tertiary/aromatic N) is 4. The van der Waals surface area contributed by atoms with Gasteiger partial charge in [-0.05, 0) is 64.3 Å². The van der Waals surface area contributed by atoms with Gasteiger partial charge in [-0.15, -0.1) is 0 Å². The highest BCUT2D eigenvalue weighted by molar-refractivity contribution is 7.91. The first-order valence-electron chi connectivity index (χ1n) is 15.5. The van der Waals surface area contributed by atoms with Gasteiger partial charge in [0.15, 0.2) is 17.5 Å². The average molecular weight is 673 g/mol. The summed E-state index contributed by atoms with van der Waals surface area (Å²) in [6.07, 6.45) is 5.30. The number of aromatic nitrogens is 3. The molecule has 0 radical (unpaired) electrons. The number of rotatable bonds is 12. The van der Waals surface area contributed by atoms with Gasteiger partial charge < -0.3 is 15.0 Å². The van der Waals surface area contributed by atoms with Crippen LogP contribution < -0.4 is 15.6 Å². The number of anilines is 2. The number of halogens is 3. The summed E-state index contributed by atoms with van der Waals surface area (Å²) in [7, 11) is -0.510. The molecule has 1 aliphatic carbocycles. The van der Waals surface area contributed by atoms with Gasteiger partial charge in [0.1, 0.15) is 11.3 Å². The van der Waals surface area contributed by atoms with Gasteiger partial charge in [-0.1, -0.05) is 30.3 Å². The van der Waals surface area contributed by atoms with E-state index >= 15 is 13.2 Å². The number of benzene rings is 2. The van der Waals surface area contributed by atoms with Crippen molar-refractivity contribution in [3.05, 3.63) is 82.0 Å². The van der Waals surface area contributed by atoms with Crippen LogP contribution in [0.1, 0.15) is 51.1 Å². The lowest BCUT2D eigenvalue weighted by molar-refractivity contribution is 0.121. The minimum atomic E-state index is -4.30. The summed E-state index contributed by atoms with van der Waals surface area (Å²) >= 11 is 0. The molecule has 2 aromatic heterocycles. The Hall–Kier alpha value is -4.01. The van der Waals surface area contributed by atoms with Gasteiger partial charge in [0.05, 0.1) is 17.9 Å². The van der Waals surface area contributed by atoms with Crippen molar-refractivity contribution in [1.29, 1.82) is 0 Å². The van der Waals surface area contributed by atoms with Gasteiger partial charge >= 0.3 is 0 Å². The van der Waals surface area contributed by atoms with Crippen molar-refractivity contribution < 1.29 is 26.3 Å². The van der Waals surface area contributed by atoms with Gasteiger partial charge in [-0.25, -0.2) is 26.6 Å². The highest BCUT2D eigenvalue weighted by atomic mass is 32.2. The van der Waals surface area contributed by atoms with Crippen LogP contribution in [0, 0.1) is 17.5 Å². The number of hydrogen-bond acceptors (Lipinski definition) is 8. The van der Waals surface area contributed by atoms with Crippen LogP contribution in [-0.4, -0.2) is 67.2 Å². The molecule has 10 nitrogen and oxygen atoms in total. The largest absolute Gasteiger partial charge is 0.383 e. The Balaban J connectivity index is 1.42. The van der Waals surface area contributed by atoms with Crippen molar-refractivity contribution in [2.24, 2.45) is 0 Å². The van der Waals surface area contributed by atoms with Crippen LogP contribution in [-0.2, 0) is 20.5 Å². The maximum atomic E-state index is 15.5. The minimum Gasteiger partial charge on any atom is -0.383 e. The molecule has 0 bridgehead atoms. The Labute approximate surface area is 272 Å². The minimum absolute atomic E-state index is 0.140. The first-order chi connectivity index (χ1) is 22.4. The molecule has 2 aromatic carbocycles. The van der Waals surface area contributed by atoms with E-state index < -0.39 is 56.1 Å². The first kappa shape index (κ1) is 34.3. The number of pyridine rings is 1. The Morgan fingerprint density at radius 1 is 1.04 bits per heavy atom. The second-order valence-electron chi connectivity index (χ2n) is 12.2. The predicted octanol–water partition coefficient (Wildman–Crippen LogP) is 5.70. The lowest BCUT2D eigenvalue weighted by Crippen LogP contribution is -2.39. The fourth-order valence-electron chi connectivity index (χ4n) is 5.99. The van der Waals surface area contributed by atoms with E-state index in [1.165, 1.54) is 29.0 Å². The molecule has 0 atom stereocenters. The maximum Gasteiger partial charge on any atom is 0.260 e. The zero-order valence-corrected chi connectivity index (χ0v) is 27.6. The van der Waals surface area contributed by atoms with Crippen LogP contribution in [0.5, 0.6) is 0 Å². The van der Waals surface area contributed by atoms with Gasteiger partial charge in [0.2, 0.25) is 16.0 Å². The van der Waals surface area contributed by atoms with Crippen molar-refractivity contribution in [3.8, 4) is 11.1 Å². The van der Waals surface area contributed by atoms with Crippen LogP contribution >= 0.6 is 0 Å². The van der Waals surface area contributed by atoms with Crippen LogP contribution in [0.4, 0.5) is 24.8 Å². The highest BCUT2D eigenvalue weighted by Crippen LogP contribution is 2.33. The summed E-state index contributed by atoms with van der Waals surface area (Å²) in [5.41, 5.74) is -2.19. The van der Waals surface area contributed by atoms with Gasteiger partial charge in [-0.2, -0.15) is 4.98 Å². The number of methoxy groups -OCH3 is 1. The SMILES string of the molecule is COCCN(C)C1CCC(Nc2ncc3cc(-c4cc(F)c(NS(=O)(=O)Cc5ccccc5)c(F)c4F)c(=O)n(C(C)C)c3n2)CC1. The molecule has 0 unspecified atom stereocenters. The molecule has 252 valence electrons. The van der Waals surface area contributed by atoms with E-state index in [1.54, 1.807) is 39.2 Å². The van der Waals surface area contributed by atoms with E-state index in [0.29, 0.717) is 35.6 Å². The van der Waals surface area contributed by atoms with E-state index in [-0.39, 0.29) is 17.3 Å². The van der Waals surface area contributed by atoms with Gasteiger partial charge in [0.25, 0.3) is 5.56 Å². The molecule has 4 aromatic rings. The Kier molecular flexibility index (Phi) is 10.5. The summed E-state index contributed by atoms with van der Waals surface area (Å²) in [4.78, 5) is 25.1. The molecular weight excluding hydrogens is 633 g/mol. The predicted molar refractivity (Wildman–Crippen MR) is 176 cm³/mol. The smallest absolute Gasteiger partial charge is 0.260 e. The Morgan fingerprint density at radius 3 is 2.40 bits per heavy atom.